The molecule has 0 spiro atoms. The van der Waals surface area contributed by atoms with E-state index in [0.29, 0.717) is 0 Å². The molecule has 29 heavy (non-hydrogen) atoms. The molecule has 1 aliphatic carbocycles. The Labute approximate surface area is 175 Å². The predicted octanol–water partition coefficient (Wildman–Crippen LogP) is 6.43. The topological polar surface area (TPSA) is 35.5 Å². The summed E-state index contributed by atoms with van der Waals surface area (Å²) in [6, 6.07) is 18.6. The first-order valence-corrected chi connectivity index (χ1v) is 11.5. The minimum Gasteiger partial charge on any atom is -0.481 e. The summed E-state index contributed by atoms with van der Waals surface area (Å²) in [5, 5.41) is 4.41. The number of esters is 1. The van der Waals surface area contributed by atoms with Crippen LogP contribution in [0.3, 0.4) is 0 Å². The van der Waals surface area contributed by atoms with Crippen LogP contribution in [0, 0.1) is 13.8 Å². The highest BCUT2D eigenvalue weighted by Crippen LogP contribution is 2.42. The summed E-state index contributed by atoms with van der Waals surface area (Å²) < 4.78 is 11.9. The SMILES string of the molecule is Cc1cc(-[s+]2cccc2)cc(C)c1OCC(=O)OC1(c2ccccc2)CCCC1. The second kappa shape index (κ2) is 8.42. The molecule has 0 aliphatic heterocycles. The average molecular weight is 408 g/mol. The Kier molecular flexibility index (Phi) is 5.72. The number of benzene rings is 2. The van der Waals surface area contributed by atoms with Gasteiger partial charge >= 0.3 is 5.97 Å². The van der Waals surface area contributed by atoms with Crippen LogP contribution < -0.4 is 4.74 Å². The van der Waals surface area contributed by atoms with Crippen molar-refractivity contribution in [2.24, 2.45) is 0 Å². The van der Waals surface area contributed by atoms with Crippen LogP contribution in [-0.2, 0) is 15.1 Å². The third-order valence-electron chi connectivity index (χ3n) is 5.62. The van der Waals surface area contributed by atoms with Gasteiger partial charge in [0.1, 0.15) is 22.1 Å². The van der Waals surface area contributed by atoms with Crippen LogP contribution in [0.5, 0.6) is 5.75 Å². The van der Waals surface area contributed by atoms with Gasteiger partial charge in [-0.3, -0.25) is 0 Å². The van der Waals surface area contributed by atoms with Gasteiger partial charge in [0, 0.05) is 22.6 Å². The first-order chi connectivity index (χ1) is 14.1. The molecule has 0 radical (unpaired) electrons. The lowest BCUT2D eigenvalue weighted by atomic mass is 9.92. The zero-order chi connectivity index (χ0) is 20.3. The highest BCUT2D eigenvalue weighted by molar-refractivity contribution is 7.36. The number of hydrogen-bond acceptors (Lipinski definition) is 3. The minimum absolute atomic E-state index is 0.0293. The maximum absolute atomic E-state index is 12.7. The molecule has 0 bridgehead atoms. The van der Waals surface area contributed by atoms with Gasteiger partial charge in [0.25, 0.3) is 0 Å². The summed E-state index contributed by atoms with van der Waals surface area (Å²) in [6.07, 6.45) is 3.90. The lowest BCUT2D eigenvalue weighted by molar-refractivity contribution is -0.163. The van der Waals surface area contributed by atoms with Gasteiger partial charge in [0.2, 0.25) is 0 Å². The summed E-state index contributed by atoms with van der Waals surface area (Å²) in [5.41, 5.74) is 2.68. The normalized spacial score (nSPS) is 15.2. The highest BCUT2D eigenvalue weighted by atomic mass is 32.2. The van der Waals surface area contributed by atoms with E-state index in [4.69, 9.17) is 9.47 Å². The summed E-state index contributed by atoms with van der Waals surface area (Å²) in [4.78, 5) is 14.0. The maximum atomic E-state index is 12.7. The fraction of sp³-hybridized carbons (Fsp3) is 0.320. The van der Waals surface area contributed by atoms with E-state index in [1.54, 1.807) is 0 Å². The largest absolute Gasteiger partial charge is 0.481 e. The minimum atomic E-state index is -0.502. The molecular formula is C25H27O3S+. The van der Waals surface area contributed by atoms with Crippen molar-refractivity contribution in [2.75, 3.05) is 6.61 Å². The predicted molar refractivity (Wildman–Crippen MR) is 118 cm³/mol. The van der Waals surface area contributed by atoms with Crippen LogP contribution in [0.4, 0.5) is 0 Å². The van der Waals surface area contributed by atoms with Crippen LogP contribution in [0.2, 0.25) is 0 Å². The number of hydrogen-bond donors (Lipinski definition) is 0. The third-order valence-corrected chi connectivity index (χ3v) is 7.30. The number of carbonyl (C=O) groups is 1. The quantitative estimate of drug-likeness (QED) is 0.349. The third kappa shape index (κ3) is 4.23. The molecule has 1 aliphatic rings. The monoisotopic (exact) mass is 407 g/mol. The van der Waals surface area contributed by atoms with Gasteiger partial charge in [-0.2, -0.15) is 0 Å². The van der Waals surface area contributed by atoms with Crippen molar-refractivity contribution < 1.29 is 14.3 Å². The zero-order valence-corrected chi connectivity index (χ0v) is 17.8. The Morgan fingerprint density at radius 2 is 1.59 bits per heavy atom. The molecule has 0 amide bonds. The van der Waals surface area contributed by atoms with E-state index in [2.05, 4.69) is 47.2 Å². The zero-order valence-electron chi connectivity index (χ0n) is 17.0. The van der Waals surface area contributed by atoms with Crippen molar-refractivity contribution in [3.8, 4) is 10.6 Å². The first-order valence-electron chi connectivity index (χ1n) is 10.2. The van der Waals surface area contributed by atoms with Gasteiger partial charge < -0.3 is 9.47 Å². The molecule has 1 heterocycles. The van der Waals surface area contributed by atoms with Crippen molar-refractivity contribution in [3.63, 3.8) is 0 Å². The molecule has 2 aromatic carbocycles. The van der Waals surface area contributed by atoms with Crippen molar-refractivity contribution in [3.05, 3.63) is 82.0 Å². The Balaban J connectivity index is 1.46. The highest BCUT2D eigenvalue weighted by Gasteiger charge is 2.39. The summed E-state index contributed by atoms with van der Waals surface area (Å²) in [5.74, 6) is 0.476. The molecule has 4 heteroatoms. The molecule has 4 rings (SSSR count). The molecule has 1 saturated carbocycles. The molecule has 0 saturated heterocycles. The molecule has 1 fully saturated rings. The molecular weight excluding hydrogens is 380 g/mol. The molecule has 0 atom stereocenters. The number of thiophene rings is 1. The van der Waals surface area contributed by atoms with Crippen molar-refractivity contribution in [1.29, 1.82) is 0 Å². The molecule has 0 N–H and O–H groups in total. The smallest absolute Gasteiger partial charge is 0.345 e. The summed E-state index contributed by atoms with van der Waals surface area (Å²) >= 11 is 0. The van der Waals surface area contributed by atoms with Gasteiger partial charge in [-0.15, -0.1) is 0 Å². The first kappa shape index (κ1) is 19.7. The van der Waals surface area contributed by atoms with E-state index in [9.17, 15) is 4.79 Å². The van der Waals surface area contributed by atoms with E-state index in [-0.39, 0.29) is 23.0 Å². The molecule has 3 nitrogen and oxygen atoms in total. The Hall–Kier alpha value is -2.59. The Morgan fingerprint density at radius 3 is 2.21 bits per heavy atom. The molecule has 150 valence electrons. The fourth-order valence-corrected chi connectivity index (χ4v) is 5.80. The van der Waals surface area contributed by atoms with Crippen molar-refractivity contribution in [2.45, 2.75) is 45.1 Å². The van der Waals surface area contributed by atoms with Gasteiger partial charge in [-0.25, -0.2) is 4.79 Å². The average Bonchev–Trinajstić information content (AvgIpc) is 3.41. The van der Waals surface area contributed by atoms with Crippen LogP contribution in [0.15, 0.2) is 65.4 Å². The molecule has 3 aromatic rings. The van der Waals surface area contributed by atoms with Gasteiger partial charge in [-0.1, -0.05) is 30.3 Å². The van der Waals surface area contributed by atoms with Gasteiger partial charge in [0.15, 0.2) is 11.5 Å². The number of aryl methyl sites for hydroxylation is 2. The van der Waals surface area contributed by atoms with Crippen LogP contribution >= 0.6 is 10.5 Å². The lowest BCUT2D eigenvalue weighted by Gasteiger charge is -2.29. The molecule has 0 unspecified atom stereocenters. The van der Waals surface area contributed by atoms with Crippen molar-refractivity contribution >= 4 is 16.4 Å². The lowest BCUT2D eigenvalue weighted by Crippen LogP contribution is -2.31. The Morgan fingerprint density at radius 1 is 0.966 bits per heavy atom. The second-order valence-corrected chi connectivity index (χ2v) is 9.50. The standard InChI is InChI=1S/C25H27O3S/c1-19-16-22(29-14-8-9-15-29)17-20(2)24(19)27-18-23(26)28-25(12-6-7-13-25)21-10-4-3-5-11-21/h3-5,8-11,14-17H,6-7,12-13,18H2,1-2H3/q+1. The second-order valence-electron chi connectivity index (χ2n) is 7.75. The maximum Gasteiger partial charge on any atom is 0.345 e. The van der Waals surface area contributed by atoms with E-state index >= 15 is 0 Å². The van der Waals surface area contributed by atoms with Crippen molar-refractivity contribution in [1.82, 2.24) is 0 Å². The van der Waals surface area contributed by atoms with E-state index in [1.165, 1.54) is 4.90 Å². The van der Waals surface area contributed by atoms with Crippen LogP contribution in [0.1, 0.15) is 42.4 Å². The van der Waals surface area contributed by atoms with E-state index in [0.717, 1.165) is 48.1 Å². The van der Waals surface area contributed by atoms with Gasteiger partial charge in [-0.05, 0) is 68.4 Å². The van der Waals surface area contributed by atoms with Crippen LogP contribution in [-0.4, -0.2) is 12.6 Å². The summed E-state index contributed by atoms with van der Waals surface area (Å²) in [7, 11) is 0.0293. The number of ether oxygens (including phenoxy) is 2. The van der Waals surface area contributed by atoms with E-state index < -0.39 is 5.60 Å². The fourth-order valence-electron chi connectivity index (χ4n) is 4.25. The summed E-state index contributed by atoms with van der Waals surface area (Å²) in [6.45, 7) is 4.00. The van der Waals surface area contributed by atoms with Gasteiger partial charge in [0.05, 0.1) is 0 Å². The number of rotatable bonds is 6. The number of carbonyl (C=O) groups excluding carboxylic acids is 1. The molecule has 1 aromatic heterocycles. The van der Waals surface area contributed by atoms with Crippen LogP contribution in [0.25, 0.3) is 4.90 Å². The Bertz CT molecular complexity index is 948. The van der Waals surface area contributed by atoms with E-state index in [1.807, 2.05) is 32.0 Å².